The SMILES string of the molecule is NC(=O)c1cccc(CNC(=O)CN2CCN(Cc3ccccc3)CC2)c1. The van der Waals surface area contributed by atoms with E-state index in [1.165, 1.54) is 5.56 Å². The molecule has 0 spiro atoms. The first kappa shape index (κ1) is 19.1. The Bertz CT molecular complexity index is 771. The van der Waals surface area contributed by atoms with Crippen molar-refractivity contribution >= 4 is 11.8 Å². The van der Waals surface area contributed by atoms with Crippen LogP contribution in [0, 0.1) is 0 Å². The summed E-state index contributed by atoms with van der Waals surface area (Å²) in [5.74, 6) is -0.465. The molecule has 0 saturated carbocycles. The summed E-state index contributed by atoms with van der Waals surface area (Å²) in [6.45, 7) is 5.44. The fourth-order valence-corrected chi connectivity index (χ4v) is 3.24. The van der Waals surface area contributed by atoms with Crippen LogP contribution < -0.4 is 11.1 Å². The lowest BCUT2D eigenvalue weighted by molar-refractivity contribution is -0.122. The molecular weight excluding hydrogens is 340 g/mol. The zero-order valence-corrected chi connectivity index (χ0v) is 15.4. The zero-order chi connectivity index (χ0) is 19.1. The Morgan fingerprint density at radius 3 is 2.26 bits per heavy atom. The maximum Gasteiger partial charge on any atom is 0.248 e. The van der Waals surface area contributed by atoms with Crippen molar-refractivity contribution in [1.29, 1.82) is 0 Å². The lowest BCUT2D eigenvalue weighted by Crippen LogP contribution is -2.49. The molecule has 0 unspecified atom stereocenters. The second kappa shape index (κ2) is 9.30. The van der Waals surface area contributed by atoms with Gasteiger partial charge in [0.25, 0.3) is 0 Å². The van der Waals surface area contributed by atoms with Crippen molar-refractivity contribution < 1.29 is 9.59 Å². The number of hydrogen-bond acceptors (Lipinski definition) is 4. The molecule has 2 amide bonds. The number of benzene rings is 2. The van der Waals surface area contributed by atoms with Crippen LogP contribution in [0.2, 0.25) is 0 Å². The summed E-state index contributed by atoms with van der Waals surface area (Å²) in [5, 5.41) is 2.92. The minimum Gasteiger partial charge on any atom is -0.366 e. The second-order valence-electron chi connectivity index (χ2n) is 6.88. The van der Waals surface area contributed by atoms with E-state index in [0.29, 0.717) is 18.7 Å². The Kier molecular flexibility index (Phi) is 6.57. The van der Waals surface area contributed by atoms with Crippen molar-refractivity contribution in [2.24, 2.45) is 5.73 Å². The molecule has 1 heterocycles. The Labute approximate surface area is 159 Å². The fraction of sp³-hybridized carbons (Fsp3) is 0.333. The Balaban J connectivity index is 1.39. The highest BCUT2D eigenvalue weighted by molar-refractivity contribution is 5.92. The van der Waals surface area contributed by atoms with E-state index in [-0.39, 0.29) is 5.91 Å². The predicted molar refractivity (Wildman–Crippen MR) is 105 cm³/mol. The van der Waals surface area contributed by atoms with Crippen LogP contribution in [-0.4, -0.2) is 54.3 Å². The Morgan fingerprint density at radius 2 is 1.56 bits per heavy atom. The van der Waals surface area contributed by atoms with E-state index in [1.54, 1.807) is 18.2 Å². The van der Waals surface area contributed by atoms with Gasteiger partial charge < -0.3 is 11.1 Å². The molecule has 0 bridgehead atoms. The van der Waals surface area contributed by atoms with Gasteiger partial charge in [0.2, 0.25) is 11.8 Å². The number of hydrogen-bond donors (Lipinski definition) is 2. The van der Waals surface area contributed by atoms with Gasteiger partial charge in [-0.2, -0.15) is 0 Å². The van der Waals surface area contributed by atoms with E-state index in [1.807, 2.05) is 12.1 Å². The van der Waals surface area contributed by atoms with Crippen LogP contribution in [0.15, 0.2) is 54.6 Å². The molecule has 1 fully saturated rings. The molecule has 1 saturated heterocycles. The third-order valence-corrected chi connectivity index (χ3v) is 4.78. The fourth-order valence-electron chi connectivity index (χ4n) is 3.24. The molecule has 2 aromatic rings. The number of rotatable bonds is 7. The van der Waals surface area contributed by atoms with Crippen molar-refractivity contribution in [2.45, 2.75) is 13.1 Å². The van der Waals surface area contributed by atoms with Crippen molar-refractivity contribution in [3.63, 3.8) is 0 Å². The van der Waals surface area contributed by atoms with Gasteiger partial charge in [0, 0.05) is 44.8 Å². The van der Waals surface area contributed by atoms with Gasteiger partial charge in [0.15, 0.2) is 0 Å². The second-order valence-corrected chi connectivity index (χ2v) is 6.88. The summed E-state index contributed by atoms with van der Waals surface area (Å²) in [6, 6.07) is 17.5. The first-order chi connectivity index (χ1) is 13.1. The van der Waals surface area contributed by atoms with Crippen LogP contribution in [0.25, 0.3) is 0 Å². The summed E-state index contributed by atoms with van der Waals surface area (Å²) in [7, 11) is 0. The molecule has 142 valence electrons. The van der Waals surface area contributed by atoms with Gasteiger partial charge >= 0.3 is 0 Å². The van der Waals surface area contributed by atoms with Crippen LogP contribution in [-0.2, 0) is 17.9 Å². The number of primary amides is 1. The predicted octanol–water partition coefficient (Wildman–Crippen LogP) is 1.22. The van der Waals surface area contributed by atoms with Gasteiger partial charge in [-0.05, 0) is 23.3 Å². The molecule has 6 nitrogen and oxygen atoms in total. The van der Waals surface area contributed by atoms with E-state index in [9.17, 15) is 9.59 Å². The lowest BCUT2D eigenvalue weighted by Gasteiger charge is -2.34. The number of nitrogens with two attached hydrogens (primary N) is 1. The summed E-state index contributed by atoms with van der Waals surface area (Å²) < 4.78 is 0. The highest BCUT2D eigenvalue weighted by Crippen LogP contribution is 2.08. The molecule has 6 heteroatoms. The smallest absolute Gasteiger partial charge is 0.248 e. The third kappa shape index (κ3) is 5.91. The quantitative estimate of drug-likeness (QED) is 0.772. The topological polar surface area (TPSA) is 78.7 Å². The van der Waals surface area contributed by atoms with E-state index in [4.69, 9.17) is 5.73 Å². The first-order valence-corrected chi connectivity index (χ1v) is 9.24. The number of nitrogens with zero attached hydrogens (tertiary/aromatic N) is 2. The Hall–Kier alpha value is -2.70. The van der Waals surface area contributed by atoms with Crippen molar-refractivity contribution in [1.82, 2.24) is 15.1 Å². The molecular formula is C21H26N4O2. The van der Waals surface area contributed by atoms with Gasteiger partial charge in [-0.3, -0.25) is 19.4 Å². The average molecular weight is 366 g/mol. The molecule has 3 rings (SSSR count). The number of carbonyl (C=O) groups excluding carboxylic acids is 2. The van der Waals surface area contributed by atoms with E-state index >= 15 is 0 Å². The van der Waals surface area contributed by atoms with Crippen LogP contribution >= 0.6 is 0 Å². The van der Waals surface area contributed by atoms with Crippen molar-refractivity contribution in [3.05, 3.63) is 71.3 Å². The molecule has 2 aromatic carbocycles. The standard InChI is InChI=1S/C21H26N4O2/c22-21(27)19-8-4-7-18(13-19)14-23-20(26)16-25-11-9-24(10-12-25)15-17-5-2-1-3-6-17/h1-8,13H,9-12,14-16H2,(H2,22,27)(H,23,26). The highest BCUT2D eigenvalue weighted by Gasteiger charge is 2.18. The van der Waals surface area contributed by atoms with Crippen molar-refractivity contribution in [3.8, 4) is 0 Å². The van der Waals surface area contributed by atoms with Crippen LogP contribution in [0.5, 0.6) is 0 Å². The van der Waals surface area contributed by atoms with Gasteiger partial charge in [-0.1, -0.05) is 42.5 Å². The normalized spacial score (nSPS) is 15.4. The number of amides is 2. The molecule has 0 atom stereocenters. The Morgan fingerprint density at radius 1 is 0.889 bits per heavy atom. The largest absolute Gasteiger partial charge is 0.366 e. The summed E-state index contributed by atoms with van der Waals surface area (Å²) in [4.78, 5) is 28.0. The average Bonchev–Trinajstić information content (AvgIpc) is 2.69. The molecule has 1 aliphatic rings. The number of nitrogens with one attached hydrogen (secondary N) is 1. The lowest BCUT2D eigenvalue weighted by atomic mass is 10.1. The van der Waals surface area contributed by atoms with Crippen LogP contribution in [0.3, 0.4) is 0 Å². The summed E-state index contributed by atoms with van der Waals surface area (Å²) >= 11 is 0. The number of carbonyl (C=O) groups is 2. The molecule has 1 aliphatic heterocycles. The van der Waals surface area contributed by atoms with E-state index in [0.717, 1.165) is 38.3 Å². The van der Waals surface area contributed by atoms with Gasteiger partial charge in [0.1, 0.15) is 0 Å². The van der Waals surface area contributed by atoms with Crippen LogP contribution in [0.4, 0.5) is 0 Å². The minimum absolute atomic E-state index is 0.00372. The van der Waals surface area contributed by atoms with Crippen molar-refractivity contribution in [2.75, 3.05) is 32.7 Å². The number of piperazine rings is 1. The van der Waals surface area contributed by atoms with E-state index in [2.05, 4.69) is 39.4 Å². The first-order valence-electron chi connectivity index (χ1n) is 9.24. The van der Waals surface area contributed by atoms with Crippen LogP contribution in [0.1, 0.15) is 21.5 Å². The zero-order valence-electron chi connectivity index (χ0n) is 15.4. The molecule has 0 aliphatic carbocycles. The van der Waals surface area contributed by atoms with E-state index < -0.39 is 5.91 Å². The molecule has 27 heavy (non-hydrogen) atoms. The summed E-state index contributed by atoms with van der Waals surface area (Å²) in [5.41, 5.74) is 7.93. The maximum atomic E-state index is 12.2. The molecule has 0 aromatic heterocycles. The maximum absolute atomic E-state index is 12.2. The highest BCUT2D eigenvalue weighted by atomic mass is 16.2. The van der Waals surface area contributed by atoms with Gasteiger partial charge in [0.05, 0.1) is 6.54 Å². The van der Waals surface area contributed by atoms with Gasteiger partial charge in [-0.15, -0.1) is 0 Å². The monoisotopic (exact) mass is 366 g/mol. The molecule has 3 N–H and O–H groups in total. The van der Waals surface area contributed by atoms with Gasteiger partial charge in [-0.25, -0.2) is 0 Å². The molecule has 0 radical (unpaired) electrons. The summed E-state index contributed by atoms with van der Waals surface area (Å²) in [6.07, 6.45) is 0. The minimum atomic E-state index is -0.462. The third-order valence-electron chi connectivity index (χ3n) is 4.78.